The summed E-state index contributed by atoms with van der Waals surface area (Å²) in [5, 5.41) is 13.1. The maximum Gasteiger partial charge on any atom is 0.290 e. The first-order valence-corrected chi connectivity index (χ1v) is 13.8. The predicted molar refractivity (Wildman–Crippen MR) is 160 cm³/mol. The highest BCUT2D eigenvalue weighted by molar-refractivity contribution is 5.96. The van der Waals surface area contributed by atoms with E-state index in [-0.39, 0.29) is 17.5 Å². The number of carbonyl (C=O) groups excluding carboxylic acids is 1. The van der Waals surface area contributed by atoms with Gasteiger partial charge in [-0.3, -0.25) is 14.6 Å². The Morgan fingerprint density at radius 1 is 0.875 bits per heavy atom. The SMILES string of the molecule is CCn1nc(-c2cccc(-c3cccc(C(=O)NC4CCCC4)c3)c2)cc(Nc2cncc3ccccc23)c1=O. The largest absolute Gasteiger partial charge is 0.349 e. The topological polar surface area (TPSA) is 88.9 Å². The maximum atomic E-state index is 13.2. The van der Waals surface area contributed by atoms with Crippen molar-refractivity contribution >= 4 is 28.1 Å². The summed E-state index contributed by atoms with van der Waals surface area (Å²) in [5.74, 6) is -0.0276. The molecule has 0 bridgehead atoms. The van der Waals surface area contributed by atoms with Gasteiger partial charge in [0.2, 0.25) is 0 Å². The third-order valence-corrected chi connectivity index (χ3v) is 7.52. The molecule has 5 aromatic rings. The lowest BCUT2D eigenvalue weighted by Crippen LogP contribution is -2.32. The maximum absolute atomic E-state index is 13.2. The summed E-state index contributed by atoms with van der Waals surface area (Å²) in [6.45, 7) is 2.34. The number of carbonyl (C=O) groups is 1. The highest BCUT2D eigenvalue weighted by Crippen LogP contribution is 2.29. The molecule has 0 radical (unpaired) electrons. The van der Waals surface area contributed by atoms with Gasteiger partial charge in [-0.2, -0.15) is 5.10 Å². The molecule has 7 nitrogen and oxygen atoms in total. The van der Waals surface area contributed by atoms with Crippen molar-refractivity contribution in [2.24, 2.45) is 0 Å². The van der Waals surface area contributed by atoms with Crippen LogP contribution >= 0.6 is 0 Å². The molecule has 40 heavy (non-hydrogen) atoms. The smallest absolute Gasteiger partial charge is 0.290 e. The molecule has 1 amide bonds. The van der Waals surface area contributed by atoms with Crippen LogP contribution in [0.25, 0.3) is 33.2 Å². The molecule has 1 saturated carbocycles. The molecular formula is C33H31N5O2. The number of benzene rings is 3. The van der Waals surface area contributed by atoms with E-state index in [1.54, 1.807) is 12.3 Å². The molecule has 3 aromatic carbocycles. The summed E-state index contributed by atoms with van der Waals surface area (Å²) < 4.78 is 1.47. The van der Waals surface area contributed by atoms with E-state index in [1.165, 1.54) is 17.5 Å². The number of amides is 1. The molecule has 2 N–H and O–H groups in total. The second-order valence-electron chi connectivity index (χ2n) is 10.2. The highest BCUT2D eigenvalue weighted by atomic mass is 16.1. The van der Waals surface area contributed by atoms with Crippen LogP contribution in [-0.2, 0) is 6.54 Å². The van der Waals surface area contributed by atoms with Gasteiger partial charge in [0.1, 0.15) is 5.69 Å². The van der Waals surface area contributed by atoms with E-state index in [2.05, 4.69) is 20.7 Å². The van der Waals surface area contributed by atoms with Crippen molar-refractivity contribution in [2.45, 2.75) is 45.2 Å². The fraction of sp³-hybridized carbons (Fsp3) is 0.212. The standard InChI is InChI=1S/C33H31N5O2/c1-2-38-33(40)30(36-31-21-34-20-26-9-3-6-16-28(26)31)19-29(37-38)24-12-7-10-22(17-24)23-11-8-13-25(18-23)32(39)35-27-14-4-5-15-27/h3,6-13,16-21,27,36H,2,4-5,14-15H2,1H3,(H,35,39). The number of pyridine rings is 1. The zero-order valence-corrected chi connectivity index (χ0v) is 22.4. The molecule has 0 aliphatic heterocycles. The first-order chi connectivity index (χ1) is 19.6. The van der Waals surface area contributed by atoms with Crippen LogP contribution in [0, 0.1) is 0 Å². The zero-order valence-electron chi connectivity index (χ0n) is 22.4. The molecule has 6 rings (SSSR count). The summed E-state index contributed by atoms with van der Waals surface area (Å²) in [6, 6.07) is 25.7. The minimum atomic E-state index is -0.198. The Hall–Kier alpha value is -4.78. The number of rotatable bonds is 7. The van der Waals surface area contributed by atoms with Crippen LogP contribution < -0.4 is 16.2 Å². The molecule has 2 aromatic heterocycles. The number of aromatic nitrogens is 3. The van der Waals surface area contributed by atoms with Gasteiger partial charge >= 0.3 is 0 Å². The molecule has 1 aliphatic carbocycles. The zero-order chi connectivity index (χ0) is 27.5. The van der Waals surface area contributed by atoms with Crippen LogP contribution in [0.15, 0.2) is 96.1 Å². The molecule has 0 atom stereocenters. The van der Waals surface area contributed by atoms with Crippen molar-refractivity contribution in [3.05, 3.63) is 107 Å². The van der Waals surface area contributed by atoms with Crippen LogP contribution in [-0.4, -0.2) is 26.7 Å². The molecular weight excluding hydrogens is 498 g/mol. The second kappa shape index (κ2) is 11.1. The summed E-state index contributed by atoms with van der Waals surface area (Å²) >= 11 is 0. The molecule has 0 saturated heterocycles. The van der Waals surface area contributed by atoms with Gasteiger partial charge < -0.3 is 10.6 Å². The van der Waals surface area contributed by atoms with Crippen LogP contribution in [0.4, 0.5) is 11.4 Å². The van der Waals surface area contributed by atoms with Gasteiger partial charge in [-0.05, 0) is 55.2 Å². The molecule has 0 unspecified atom stereocenters. The summed E-state index contributed by atoms with van der Waals surface area (Å²) in [5.41, 5.74) is 5.12. The predicted octanol–water partition coefficient (Wildman–Crippen LogP) is 6.56. The van der Waals surface area contributed by atoms with Crippen LogP contribution in [0.1, 0.15) is 43.0 Å². The van der Waals surface area contributed by atoms with Gasteiger partial charge in [0, 0.05) is 40.7 Å². The average molecular weight is 530 g/mol. The average Bonchev–Trinajstić information content (AvgIpc) is 3.51. The van der Waals surface area contributed by atoms with E-state index >= 15 is 0 Å². The Balaban J connectivity index is 1.33. The Kier molecular flexibility index (Phi) is 7.10. The van der Waals surface area contributed by atoms with Gasteiger partial charge in [0.25, 0.3) is 11.5 Å². The summed E-state index contributed by atoms with van der Waals surface area (Å²) in [4.78, 5) is 30.4. The van der Waals surface area contributed by atoms with Gasteiger partial charge in [0.05, 0.1) is 17.6 Å². The van der Waals surface area contributed by atoms with E-state index < -0.39 is 0 Å². The quantitative estimate of drug-likeness (QED) is 0.249. The molecule has 1 fully saturated rings. The molecule has 7 heteroatoms. The van der Waals surface area contributed by atoms with E-state index in [0.29, 0.717) is 23.5 Å². The van der Waals surface area contributed by atoms with Crippen LogP contribution in [0.2, 0.25) is 0 Å². The second-order valence-corrected chi connectivity index (χ2v) is 10.2. The molecule has 2 heterocycles. The first-order valence-electron chi connectivity index (χ1n) is 13.8. The van der Waals surface area contributed by atoms with Crippen molar-refractivity contribution in [1.29, 1.82) is 0 Å². The third-order valence-electron chi connectivity index (χ3n) is 7.52. The summed E-state index contributed by atoms with van der Waals surface area (Å²) in [7, 11) is 0. The fourth-order valence-electron chi connectivity index (χ4n) is 5.38. The normalized spacial score (nSPS) is 13.4. The van der Waals surface area contributed by atoms with Crippen molar-refractivity contribution in [3.63, 3.8) is 0 Å². The highest BCUT2D eigenvalue weighted by Gasteiger charge is 2.18. The number of anilines is 2. The molecule has 0 spiro atoms. The number of hydrogen-bond acceptors (Lipinski definition) is 5. The van der Waals surface area contributed by atoms with Gasteiger partial charge in [-0.25, -0.2) is 4.68 Å². The number of nitrogens with one attached hydrogen (secondary N) is 2. The lowest BCUT2D eigenvalue weighted by molar-refractivity contribution is 0.0938. The minimum Gasteiger partial charge on any atom is -0.349 e. The number of aryl methyl sites for hydroxylation is 1. The Labute approximate surface area is 232 Å². The Morgan fingerprint density at radius 2 is 1.62 bits per heavy atom. The number of hydrogen-bond donors (Lipinski definition) is 2. The fourth-order valence-corrected chi connectivity index (χ4v) is 5.38. The monoisotopic (exact) mass is 529 g/mol. The lowest BCUT2D eigenvalue weighted by atomic mass is 9.99. The number of fused-ring (bicyclic) bond motifs is 1. The van der Waals surface area contributed by atoms with Crippen molar-refractivity contribution < 1.29 is 4.79 Å². The van der Waals surface area contributed by atoms with Gasteiger partial charge in [-0.15, -0.1) is 0 Å². The lowest BCUT2D eigenvalue weighted by Gasteiger charge is -2.14. The van der Waals surface area contributed by atoms with Crippen molar-refractivity contribution in [3.8, 4) is 22.4 Å². The van der Waals surface area contributed by atoms with E-state index in [9.17, 15) is 9.59 Å². The van der Waals surface area contributed by atoms with Gasteiger partial charge in [0.15, 0.2) is 0 Å². The van der Waals surface area contributed by atoms with Crippen molar-refractivity contribution in [2.75, 3.05) is 5.32 Å². The molecule has 1 aliphatic rings. The van der Waals surface area contributed by atoms with Gasteiger partial charge in [-0.1, -0.05) is 67.4 Å². The minimum absolute atomic E-state index is 0.0276. The first kappa shape index (κ1) is 25.5. The molecule has 200 valence electrons. The summed E-state index contributed by atoms with van der Waals surface area (Å²) in [6.07, 6.45) is 7.99. The van der Waals surface area contributed by atoms with E-state index in [1.807, 2.05) is 85.9 Å². The Morgan fingerprint density at radius 3 is 2.45 bits per heavy atom. The Bertz CT molecular complexity index is 1750. The van der Waals surface area contributed by atoms with E-state index in [0.717, 1.165) is 46.0 Å². The van der Waals surface area contributed by atoms with Crippen LogP contribution in [0.5, 0.6) is 0 Å². The van der Waals surface area contributed by atoms with Crippen LogP contribution in [0.3, 0.4) is 0 Å². The van der Waals surface area contributed by atoms with E-state index in [4.69, 9.17) is 0 Å². The third kappa shape index (κ3) is 5.23. The number of nitrogens with zero attached hydrogens (tertiary/aromatic N) is 3. The van der Waals surface area contributed by atoms with Crippen molar-refractivity contribution in [1.82, 2.24) is 20.1 Å².